The standard InChI is InChI=1S/C22H22N2O6.C2H6/c1-22(2,3)30-17(26)11-24-20(27)18-19(23)15-8-7-13(10-16(15)29-21(18)28)12-5-4-6-14(25)9-12;1-2/h4-10,25H,11,23H2,1-3H3,(H,24,27);1-2H3. The number of hydrogen-bond acceptors (Lipinski definition) is 7. The van der Waals surface area contributed by atoms with Gasteiger partial charge < -0.3 is 25.3 Å². The van der Waals surface area contributed by atoms with E-state index in [1.54, 1.807) is 63.2 Å². The Kier molecular flexibility index (Phi) is 7.64. The molecule has 4 N–H and O–H groups in total. The van der Waals surface area contributed by atoms with Crippen molar-refractivity contribution in [3.63, 3.8) is 0 Å². The molecule has 0 aliphatic carbocycles. The summed E-state index contributed by atoms with van der Waals surface area (Å²) in [6, 6.07) is 11.6. The fourth-order valence-electron chi connectivity index (χ4n) is 2.92. The Morgan fingerprint density at radius 3 is 2.38 bits per heavy atom. The number of hydrogen-bond donors (Lipinski definition) is 3. The number of rotatable bonds is 4. The van der Waals surface area contributed by atoms with E-state index in [1.165, 1.54) is 0 Å². The number of esters is 1. The average Bonchev–Trinajstić information content (AvgIpc) is 2.72. The minimum Gasteiger partial charge on any atom is -0.508 e. The van der Waals surface area contributed by atoms with Crippen LogP contribution in [0.25, 0.3) is 22.1 Å². The molecule has 0 bridgehead atoms. The monoisotopic (exact) mass is 440 g/mol. The highest BCUT2D eigenvalue weighted by atomic mass is 16.6. The molecule has 32 heavy (non-hydrogen) atoms. The van der Waals surface area contributed by atoms with Gasteiger partial charge >= 0.3 is 11.6 Å². The van der Waals surface area contributed by atoms with Gasteiger partial charge in [0.2, 0.25) is 0 Å². The van der Waals surface area contributed by atoms with Gasteiger partial charge in [-0.05, 0) is 56.2 Å². The molecule has 3 rings (SSSR count). The highest BCUT2D eigenvalue weighted by Gasteiger charge is 2.22. The van der Waals surface area contributed by atoms with Crippen LogP contribution in [0.5, 0.6) is 5.75 Å². The second-order valence-corrected chi connectivity index (χ2v) is 7.71. The summed E-state index contributed by atoms with van der Waals surface area (Å²) in [5.74, 6) is -1.37. The van der Waals surface area contributed by atoms with Crippen molar-refractivity contribution in [2.75, 3.05) is 12.3 Å². The van der Waals surface area contributed by atoms with Gasteiger partial charge in [0, 0.05) is 5.39 Å². The number of aromatic hydroxyl groups is 1. The van der Waals surface area contributed by atoms with Crippen molar-refractivity contribution in [2.45, 2.75) is 40.2 Å². The number of nitrogen functional groups attached to an aromatic ring is 1. The SMILES string of the molecule is CC.CC(C)(C)OC(=O)CNC(=O)c1c(N)c2ccc(-c3cccc(O)c3)cc2oc1=O. The molecule has 0 atom stereocenters. The predicted molar refractivity (Wildman–Crippen MR) is 124 cm³/mol. The van der Waals surface area contributed by atoms with Gasteiger partial charge in [0.25, 0.3) is 5.91 Å². The van der Waals surface area contributed by atoms with Gasteiger partial charge in [-0.1, -0.05) is 32.0 Å². The summed E-state index contributed by atoms with van der Waals surface area (Å²) < 4.78 is 10.4. The smallest absolute Gasteiger partial charge is 0.351 e. The zero-order valence-electron chi connectivity index (χ0n) is 18.8. The number of anilines is 1. The molecule has 3 aromatic rings. The Labute approximate surface area is 186 Å². The molecule has 0 saturated carbocycles. The van der Waals surface area contributed by atoms with Gasteiger partial charge in [0.15, 0.2) is 0 Å². The van der Waals surface area contributed by atoms with Gasteiger partial charge in [-0.2, -0.15) is 0 Å². The first-order valence-electron chi connectivity index (χ1n) is 10.2. The first-order chi connectivity index (χ1) is 15.0. The first-order valence-corrected chi connectivity index (χ1v) is 10.2. The lowest BCUT2D eigenvalue weighted by Gasteiger charge is -2.19. The van der Waals surface area contributed by atoms with Crippen LogP contribution in [-0.2, 0) is 9.53 Å². The van der Waals surface area contributed by atoms with E-state index in [9.17, 15) is 19.5 Å². The molecule has 1 aromatic heterocycles. The highest BCUT2D eigenvalue weighted by molar-refractivity contribution is 6.06. The van der Waals surface area contributed by atoms with Crippen LogP contribution in [0.2, 0.25) is 0 Å². The Balaban J connectivity index is 0.00000176. The molecule has 0 radical (unpaired) electrons. The number of fused-ring (bicyclic) bond motifs is 1. The molecule has 0 aliphatic rings. The number of amides is 1. The van der Waals surface area contributed by atoms with Crippen molar-refractivity contribution in [3.05, 3.63) is 58.4 Å². The molecule has 0 saturated heterocycles. The molecular weight excluding hydrogens is 412 g/mol. The number of carbonyl (C=O) groups excluding carboxylic acids is 2. The van der Waals surface area contributed by atoms with E-state index >= 15 is 0 Å². The summed E-state index contributed by atoms with van der Waals surface area (Å²) in [7, 11) is 0. The third kappa shape index (κ3) is 5.87. The third-order valence-corrected chi connectivity index (χ3v) is 4.17. The molecule has 8 heteroatoms. The van der Waals surface area contributed by atoms with Crippen molar-refractivity contribution >= 4 is 28.5 Å². The van der Waals surface area contributed by atoms with Crippen LogP contribution in [0, 0.1) is 0 Å². The van der Waals surface area contributed by atoms with Crippen LogP contribution in [0.15, 0.2) is 51.7 Å². The molecule has 0 fully saturated rings. The van der Waals surface area contributed by atoms with Crippen LogP contribution in [-0.4, -0.2) is 29.1 Å². The molecule has 8 nitrogen and oxygen atoms in total. The van der Waals surface area contributed by atoms with E-state index in [0.29, 0.717) is 10.9 Å². The van der Waals surface area contributed by atoms with Crippen LogP contribution in [0.1, 0.15) is 45.0 Å². The highest BCUT2D eigenvalue weighted by Crippen LogP contribution is 2.29. The second-order valence-electron chi connectivity index (χ2n) is 7.71. The number of nitrogens with two attached hydrogens (primary N) is 1. The maximum Gasteiger partial charge on any atom is 0.351 e. The zero-order chi connectivity index (χ0) is 24.1. The summed E-state index contributed by atoms with van der Waals surface area (Å²) >= 11 is 0. The van der Waals surface area contributed by atoms with E-state index in [4.69, 9.17) is 14.9 Å². The summed E-state index contributed by atoms with van der Waals surface area (Å²) in [5, 5.41) is 12.4. The van der Waals surface area contributed by atoms with Crippen molar-refractivity contribution in [1.82, 2.24) is 5.32 Å². The molecule has 170 valence electrons. The van der Waals surface area contributed by atoms with Crippen LogP contribution >= 0.6 is 0 Å². The molecule has 0 spiro atoms. The summed E-state index contributed by atoms with van der Waals surface area (Å²) in [6.45, 7) is 8.69. The van der Waals surface area contributed by atoms with Crippen LogP contribution in [0.3, 0.4) is 0 Å². The third-order valence-electron chi connectivity index (χ3n) is 4.17. The normalized spacial score (nSPS) is 10.8. The summed E-state index contributed by atoms with van der Waals surface area (Å²) in [6.07, 6.45) is 0. The lowest BCUT2D eigenvalue weighted by Crippen LogP contribution is -2.36. The molecule has 0 aliphatic heterocycles. The van der Waals surface area contributed by atoms with Gasteiger partial charge in [0.1, 0.15) is 29.0 Å². The Morgan fingerprint density at radius 1 is 1.09 bits per heavy atom. The molecular formula is C24H28N2O6. The maximum absolute atomic E-state index is 12.4. The van der Waals surface area contributed by atoms with Gasteiger partial charge in [0.05, 0.1) is 5.69 Å². The van der Waals surface area contributed by atoms with E-state index < -0.39 is 29.6 Å². The minimum absolute atomic E-state index is 0.0506. The number of phenolic OH excluding ortho intramolecular Hbond substituents is 1. The number of nitrogens with one attached hydrogen (secondary N) is 1. The molecule has 0 unspecified atom stereocenters. The van der Waals surface area contributed by atoms with E-state index in [2.05, 4.69) is 5.32 Å². The number of benzene rings is 2. The van der Waals surface area contributed by atoms with Crippen molar-refractivity contribution in [3.8, 4) is 16.9 Å². The van der Waals surface area contributed by atoms with Crippen molar-refractivity contribution < 1.29 is 23.8 Å². The van der Waals surface area contributed by atoms with Crippen molar-refractivity contribution in [2.24, 2.45) is 0 Å². The topological polar surface area (TPSA) is 132 Å². The fraction of sp³-hybridized carbons (Fsp3) is 0.292. The Morgan fingerprint density at radius 2 is 1.75 bits per heavy atom. The van der Waals surface area contributed by atoms with E-state index in [0.717, 1.165) is 5.56 Å². The van der Waals surface area contributed by atoms with Gasteiger partial charge in [-0.3, -0.25) is 9.59 Å². The van der Waals surface area contributed by atoms with Gasteiger partial charge in [-0.15, -0.1) is 0 Å². The van der Waals surface area contributed by atoms with E-state index in [1.807, 2.05) is 13.8 Å². The molecule has 1 amide bonds. The summed E-state index contributed by atoms with van der Waals surface area (Å²) in [4.78, 5) is 36.6. The lowest BCUT2D eigenvalue weighted by atomic mass is 10.0. The summed E-state index contributed by atoms with van der Waals surface area (Å²) in [5.41, 5.74) is 5.63. The maximum atomic E-state index is 12.4. The Bertz CT molecular complexity index is 1190. The number of phenols is 1. The predicted octanol–water partition coefficient (Wildman–Crippen LogP) is 3.85. The number of ether oxygens (including phenoxy) is 1. The quantitative estimate of drug-likeness (QED) is 0.415. The largest absolute Gasteiger partial charge is 0.508 e. The molecule has 1 heterocycles. The minimum atomic E-state index is -0.922. The lowest BCUT2D eigenvalue weighted by molar-refractivity contribution is -0.153. The van der Waals surface area contributed by atoms with E-state index in [-0.39, 0.29) is 22.6 Å². The zero-order valence-corrected chi connectivity index (χ0v) is 18.8. The second kappa shape index (κ2) is 10.00. The molecule has 2 aromatic carbocycles. The Hall–Kier alpha value is -3.81. The van der Waals surface area contributed by atoms with Gasteiger partial charge in [-0.25, -0.2) is 4.79 Å². The first kappa shape index (κ1) is 24.5. The van der Waals surface area contributed by atoms with Crippen LogP contribution < -0.4 is 16.7 Å². The average molecular weight is 440 g/mol. The van der Waals surface area contributed by atoms with Crippen molar-refractivity contribution in [1.29, 1.82) is 0 Å². The fourth-order valence-corrected chi connectivity index (χ4v) is 2.92. The van der Waals surface area contributed by atoms with Crippen LogP contribution in [0.4, 0.5) is 5.69 Å². The number of carbonyl (C=O) groups is 2.